The van der Waals surface area contributed by atoms with Gasteiger partial charge in [-0.05, 0) is 24.6 Å². The number of carbonyl (C=O) groups excluding carboxylic acids is 1. The van der Waals surface area contributed by atoms with Gasteiger partial charge in [0.1, 0.15) is 12.0 Å². The van der Waals surface area contributed by atoms with Crippen molar-refractivity contribution in [1.82, 2.24) is 0 Å². The van der Waals surface area contributed by atoms with Gasteiger partial charge in [0.25, 0.3) is 0 Å². The minimum atomic E-state index is -4.52. The van der Waals surface area contributed by atoms with Crippen molar-refractivity contribution in [2.24, 2.45) is 0 Å². The van der Waals surface area contributed by atoms with Crippen molar-refractivity contribution < 1.29 is 22.7 Å². The summed E-state index contributed by atoms with van der Waals surface area (Å²) in [5.41, 5.74) is -0.651. The third-order valence-corrected chi connectivity index (χ3v) is 1.94. The predicted octanol–water partition coefficient (Wildman–Crippen LogP) is 2.83. The lowest BCUT2D eigenvalue weighted by atomic mass is 10.1. The van der Waals surface area contributed by atoms with E-state index in [-0.39, 0.29) is 16.9 Å². The molecule has 5 heteroatoms. The van der Waals surface area contributed by atoms with Crippen LogP contribution in [0.4, 0.5) is 13.2 Å². The van der Waals surface area contributed by atoms with Gasteiger partial charge in [0.05, 0.1) is 12.7 Å². The Morgan fingerprint density at radius 3 is 2.33 bits per heavy atom. The molecule has 1 aromatic rings. The first kappa shape index (κ1) is 11.6. The number of carbonyl (C=O) groups is 1. The van der Waals surface area contributed by atoms with Crippen LogP contribution in [0, 0.1) is 6.92 Å². The molecule has 1 aromatic carbocycles. The van der Waals surface area contributed by atoms with Gasteiger partial charge in [0, 0.05) is 5.56 Å². The quantitative estimate of drug-likeness (QED) is 0.713. The molecule has 0 aliphatic rings. The van der Waals surface area contributed by atoms with Crippen LogP contribution in [0.1, 0.15) is 21.5 Å². The maximum Gasteiger partial charge on any atom is 0.419 e. The summed E-state index contributed by atoms with van der Waals surface area (Å²) in [7, 11) is 1.16. The molecule has 0 spiro atoms. The van der Waals surface area contributed by atoms with Crippen LogP contribution in [0.3, 0.4) is 0 Å². The van der Waals surface area contributed by atoms with Gasteiger partial charge in [0.2, 0.25) is 0 Å². The molecule has 0 heterocycles. The Balaban J connectivity index is 3.45. The number of aryl methyl sites for hydroxylation is 1. The molecule has 15 heavy (non-hydrogen) atoms. The van der Waals surface area contributed by atoms with Crippen molar-refractivity contribution in [3.63, 3.8) is 0 Å². The van der Waals surface area contributed by atoms with Crippen molar-refractivity contribution >= 4 is 6.29 Å². The molecule has 0 aliphatic heterocycles. The molecule has 0 aromatic heterocycles. The summed E-state index contributed by atoms with van der Waals surface area (Å²) in [6.07, 6.45) is -4.14. The normalized spacial score (nSPS) is 11.3. The highest BCUT2D eigenvalue weighted by atomic mass is 19.4. The maximum atomic E-state index is 12.5. The van der Waals surface area contributed by atoms with Gasteiger partial charge in [-0.2, -0.15) is 13.2 Å². The van der Waals surface area contributed by atoms with Crippen molar-refractivity contribution in [1.29, 1.82) is 0 Å². The first-order valence-corrected chi connectivity index (χ1v) is 4.11. The SMILES string of the molecule is COc1c(C)cc(C=O)cc1C(F)(F)F. The number of halogens is 3. The molecule has 0 saturated carbocycles. The Hall–Kier alpha value is -1.52. The predicted molar refractivity (Wildman–Crippen MR) is 48.1 cm³/mol. The highest BCUT2D eigenvalue weighted by Crippen LogP contribution is 2.38. The number of hydrogen-bond acceptors (Lipinski definition) is 2. The van der Waals surface area contributed by atoms with Gasteiger partial charge in [-0.1, -0.05) is 0 Å². The summed E-state index contributed by atoms with van der Waals surface area (Å²) < 4.78 is 42.3. The molecule has 0 fully saturated rings. The average Bonchev–Trinajstić information content (AvgIpc) is 2.15. The van der Waals surface area contributed by atoms with Crippen molar-refractivity contribution in [3.05, 3.63) is 28.8 Å². The number of aldehydes is 1. The molecule has 1 rings (SSSR count). The fourth-order valence-electron chi connectivity index (χ4n) is 1.35. The first-order valence-electron chi connectivity index (χ1n) is 4.11. The second-order valence-corrected chi connectivity index (χ2v) is 3.03. The standard InChI is InChI=1S/C10H9F3O2/c1-6-3-7(5-14)4-8(9(6)15-2)10(11,12)13/h3-5H,1-2H3. The summed E-state index contributed by atoms with van der Waals surface area (Å²) in [5, 5.41) is 0. The van der Waals surface area contributed by atoms with E-state index in [1.165, 1.54) is 13.0 Å². The molecule has 0 bridgehead atoms. The van der Waals surface area contributed by atoms with Gasteiger partial charge in [-0.15, -0.1) is 0 Å². The van der Waals surface area contributed by atoms with Crippen LogP contribution >= 0.6 is 0 Å². The molecule has 0 amide bonds. The molecule has 0 radical (unpaired) electrons. The fourth-order valence-corrected chi connectivity index (χ4v) is 1.35. The van der Waals surface area contributed by atoms with Gasteiger partial charge in [0.15, 0.2) is 0 Å². The van der Waals surface area contributed by atoms with Gasteiger partial charge < -0.3 is 4.74 Å². The number of benzene rings is 1. The molecule has 0 atom stereocenters. The highest BCUT2D eigenvalue weighted by molar-refractivity contribution is 5.76. The van der Waals surface area contributed by atoms with Gasteiger partial charge in [-0.25, -0.2) is 0 Å². The zero-order valence-corrected chi connectivity index (χ0v) is 8.18. The molecule has 0 saturated heterocycles. The maximum absolute atomic E-state index is 12.5. The summed E-state index contributed by atoms with van der Waals surface area (Å²) in [6, 6.07) is 2.12. The zero-order chi connectivity index (χ0) is 11.6. The highest BCUT2D eigenvalue weighted by Gasteiger charge is 2.35. The summed E-state index contributed by atoms with van der Waals surface area (Å²) in [6.45, 7) is 1.46. The van der Waals surface area contributed by atoms with E-state index < -0.39 is 11.7 Å². The lowest BCUT2D eigenvalue weighted by molar-refractivity contribution is -0.138. The molecule has 0 aliphatic carbocycles. The van der Waals surface area contributed by atoms with Crippen LogP contribution in [0.15, 0.2) is 12.1 Å². The smallest absolute Gasteiger partial charge is 0.419 e. The van der Waals surface area contributed by atoms with Crippen LogP contribution < -0.4 is 4.74 Å². The van der Waals surface area contributed by atoms with Crippen molar-refractivity contribution in [2.75, 3.05) is 7.11 Å². The second-order valence-electron chi connectivity index (χ2n) is 3.03. The summed E-state index contributed by atoms with van der Waals surface area (Å²) in [4.78, 5) is 10.4. The number of ether oxygens (including phenoxy) is 1. The minimum absolute atomic E-state index is 0.0133. The van der Waals surface area contributed by atoms with E-state index >= 15 is 0 Å². The van der Waals surface area contributed by atoms with Crippen LogP contribution in [0.2, 0.25) is 0 Å². The molecular formula is C10H9F3O2. The third kappa shape index (κ3) is 2.29. The molecular weight excluding hydrogens is 209 g/mol. The largest absolute Gasteiger partial charge is 0.496 e. The van der Waals surface area contributed by atoms with Gasteiger partial charge in [-0.3, -0.25) is 4.79 Å². The fraction of sp³-hybridized carbons (Fsp3) is 0.300. The Morgan fingerprint density at radius 1 is 1.33 bits per heavy atom. The minimum Gasteiger partial charge on any atom is -0.496 e. The van der Waals surface area contributed by atoms with Crippen LogP contribution in [0.25, 0.3) is 0 Å². The van der Waals surface area contributed by atoms with E-state index in [9.17, 15) is 18.0 Å². The number of rotatable bonds is 2. The van der Waals surface area contributed by atoms with E-state index in [2.05, 4.69) is 4.74 Å². The second kappa shape index (κ2) is 3.92. The Morgan fingerprint density at radius 2 is 1.93 bits per heavy atom. The van der Waals surface area contributed by atoms with E-state index in [1.807, 2.05) is 0 Å². The van der Waals surface area contributed by atoms with Gasteiger partial charge >= 0.3 is 6.18 Å². The molecule has 82 valence electrons. The number of hydrogen-bond donors (Lipinski definition) is 0. The summed E-state index contributed by atoms with van der Waals surface area (Å²) >= 11 is 0. The third-order valence-electron chi connectivity index (χ3n) is 1.94. The number of alkyl halides is 3. The number of methoxy groups -OCH3 is 1. The van der Waals surface area contributed by atoms with E-state index in [0.717, 1.165) is 13.2 Å². The van der Waals surface area contributed by atoms with Crippen molar-refractivity contribution in [3.8, 4) is 5.75 Å². The van der Waals surface area contributed by atoms with E-state index in [0.29, 0.717) is 6.29 Å². The lowest BCUT2D eigenvalue weighted by Crippen LogP contribution is -2.09. The molecule has 0 unspecified atom stereocenters. The van der Waals surface area contributed by atoms with E-state index in [4.69, 9.17) is 0 Å². The van der Waals surface area contributed by atoms with Crippen molar-refractivity contribution in [2.45, 2.75) is 13.1 Å². The topological polar surface area (TPSA) is 26.3 Å². The van der Waals surface area contributed by atoms with E-state index in [1.54, 1.807) is 0 Å². The van der Waals surface area contributed by atoms with Crippen LogP contribution in [-0.4, -0.2) is 13.4 Å². The Labute approximate surface area is 84.7 Å². The molecule has 2 nitrogen and oxygen atoms in total. The molecule has 0 N–H and O–H groups in total. The van der Waals surface area contributed by atoms with Crippen LogP contribution in [0.5, 0.6) is 5.75 Å². The lowest BCUT2D eigenvalue weighted by Gasteiger charge is -2.14. The Bertz CT molecular complexity index is 383. The monoisotopic (exact) mass is 218 g/mol. The zero-order valence-electron chi connectivity index (χ0n) is 8.18. The average molecular weight is 218 g/mol. The Kier molecular flexibility index (Phi) is 3.02. The van der Waals surface area contributed by atoms with Crippen LogP contribution in [-0.2, 0) is 6.18 Å². The first-order chi connectivity index (χ1) is 6.90. The summed E-state index contributed by atoms with van der Waals surface area (Å²) in [5.74, 6) is -0.242.